The largest absolute Gasteiger partial charge is 0.497 e. The molecule has 0 saturated carbocycles. The number of nitrogens with zero attached hydrogens (tertiary/aromatic N) is 1. The van der Waals surface area contributed by atoms with Gasteiger partial charge < -0.3 is 15.4 Å². The zero-order valence-electron chi connectivity index (χ0n) is 11.7. The molecule has 1 aliphatic rings. The smallest absolute Gasteiger partial charge is 0.121 e. The van der Waals surface area contributed by atoms with Crippen LogP contribution in [0.3, 0.4) is 0 Å². The van der Waals surface area contributed by atoms with Crippen LogP contribution in [0.15, 0.2) is 18.2 Å². The Morgan fingerprint density at radius 2 is 2.00 bits per heavy atom. The van der Waals surface area contributed by atoms with Crippen molar-refractivity contribution in [1.82, 2.24) is 0 Å². The number of nitrogens with two attached hydrogens (primary N) is 1. The predicted octanol–water partition coefficient (Wildman–Crippen LogP) is 3.29. The van der Waals surface area contributed by atoms with Crippen LogP contribution in [-0.4, -0.2) is 20.2 Å². The summed E-state index contributed by atoms with van der Waals surface area (Å²) in [6.45, 7) is 6.89. The Hall–Kier alpha value is -1.38. The van der Waals surface area contributed by atoms with Gasteiger partial charge in [-0.2, -0.15) is 0 Å². The Labute approximate surface area is 110 Å². The predicted molar refractivity (Wildman–Crippen MR) is 77.3 cm³/mol. The van der Waals surface area contributed by atoms with Crippen molar-refractivity contribution in [2.45, 2.75) is 33.1 Å². The lowest BCUT2D eigenvalue weighted by Gasteiger charge is -2.26. The molecule has 1 aromatic carbocycles. The number of ether oxygens (including phenoxy) is 1. The number of rotatable bonds is 2. The minimum absolute atomic E-state index is 0.454. The Kier molecular flexibility index (Phi) is 3.69. The summed E-state index contributed by atoms with van der Waals surface area (Å²) in [6, 6.07) is 5.97. The van der Waals surface area contributed by atoms with E-state index >= 15 is 0 Å². The van der Waals surface area contributed by atoms with E-state index in [9.17, 15) is 0 Å². The van der Waals surface area contributed by atoms with E-state index in [4.69, 9.17) is 10.5 Å². The van der Waals surface area contributed by atoms with Crippen molar-refractivity contribution in [1.29, 1.82) is 0 Å². The first kappa shape index (κ1) is 13.1. The second-order valence-corrected chi connectivity index (χ2v) is 5.93. The van der Waals surface area contributed by atoms with Gasteiger partial charge >= 0.3 is 0 Å². The Morgan fingerprint density at radius 3 is 2.67 bits per heavy atom. The van der Waals surface area contributed by atoms with Crippen molar-refractivity contribution >= 4 is 11.4 Å². The van der Waals surface area contributed by atoms with Crippen LogP contribution >= 0.6 is 0 Å². The third kappa shape index (κ3) is 2.89. The van der Waals surface area contributed by atoms with Crippen molar-refractivity contribution in [3.8, 4) is 5.75 Å². The monoisotopic (exact) mass is 248 g/mol. The number of hydrogen-bond acceptors (Lipinski definition) is 3. The van der Waals surface area contributed by atoms with Crippen molar-refractivity contribution < 1.29 is 4.74 Å². The molecule has 0 radical (unpaired) electrons. The molecule has 1 fully saturated rings. The van der Waals surface area contributed by atoms with Crippen LogP contribution in [0.2, 0.25) is 0 Å². The SMILES string of the molecule is COc1ccc(N2CCCC(C)(C)CC2)c(N)c1. The van der Waals surface area contributed by atoms with E-state index in [-0.39, 0.29) is 0 Å². The molecule has 2 N–H and O–H groups in total. The first-order chi connectivity index (χ1) is 8.52. The lowest BCUT2D eigenvalue weighted by Crippen LogP contribution is -2.25. The first-order valence-electron chi connectivity index (χ1n) is 6.70. The third-order valence-corrected chi connectivity index (χ3v) is 3.92. The van der Waals surface area contributed by atoms with E-state index in [0.717, 1.165) is 30.2 Å². The number of hydrogen-bond donors (Lipinski definition) is 1. The molecule has 1 saturated heterocycles. The second-order valence-electron chi connectivity index (χ2n) is 5.93. The van der Waals surface area contributed by atoms with Gasteiger partial charge in [0.15, 0.2) is 0 Å². The first-order valence-corrected chi connectivity index (χ1v) is 6.70. The molecule has 0 atom stereocenters. The fourth-order valence-electron chi connectivity index (χ4n) is 2.61. The van der Waals surface area contributed by atoms with Gasteiger partial charge in [-0.25, -0.2) is 0 Å². The molecule has 0 aliphatic carbocycles. The van der Waals surface area contributed by atoms with E-state index in [1.165, 1.54) is 19.3 Å². The standard InChI is InChI=1S/C15H24N2O/c1-15(2)7-4-9-17(10-8-15)14-6-5-12(18-3)11-13(14)16/h5-6,11H,4,7-10,16H2,1-3H3. The van der Waals surface area contributed by atoms with Crippen LogP contribution in [0.1, 0.15) is 33.1 Å². The zero-order chi connectivity index (χ0) is 13.2. The topological polar surface area (TPSA) is 38.5 Å². The normalized spacial score (nSPS) is 19.4. The highest BCUT2D eigenvalue weighted by atomic mass is 16.5. The molecule has 18 heavy (non-hydrogen) atoms. The van der Waals surface area contributed by atoms with Gasteiger partial charge in [-0.15, -0.1) is 0 Å². The van der Waals surface area contributed by atoms with Gasteiger partial charge in [-0.05, 0) is 36.8 Å². The summed E-state index contributed by atoms with van der Waals surface area (Å²) in [7, 11) is 1.67. The van der Waals surface area contributed by atoms with Crippen LogP contribution in [0.5, 0.6) is 5.75 Å². The summed E-state index contributed by atoms with van der Waals surface area (Å²) in [6.07, 6.45) is 3.75. The van der Waals surface area contributed by atoms with E-state index in [2.05, 4.69) is 24.8 Å². The summed E-state index contributed by atoms with van der Waals surface area (Å²) in [5, 5.41) is 0. The van der Waals surface area contributed by atoms with Gasteiger partial charge in [0.25, 0.3) is 0 Å². The van der Waals surface area contributed by atoms with Gasteiger partial charge in [-0.1, -0.05) is 13.8 Å². The Bertz CT molecular complexity index is 415. The van der Waals surface area contributed by atoms with Crippen molar-refractivity contribution in [3.63, 3.8) is 0 Å². The molecule has 100 valence electrons. The molecule has 0 unspecified atom stereocenters. The van der Waals surface area contributed by atoms with Crippen molar-refractivity contribution in [3.05, 3.63) is 18.2 Å². The molecule has 1 aliphatic heterocycles. The third-order valence-electron chi connectivity index (χ3n) is 3.92. The van der Waals surface area contributed by atoms with Gasteiger partial charge in [0.2, 0.25) is 0 Å². The quantitative estimate of drug-likeness (QED) is 0.816. The number of benzene rings is 1. The van der Waals surface area contributed by atoms with Crippen molar-refractivity contribution in [2.75, 3.05) is 30.8 Å². The molecule has 0 spiro atoms. The average molecular weight is 248 g/mol. The van der Waals surface area contributed by atoms with Crippen LogP contribution in [-0.2, 0) is 0 Å². The maximum Gasteiger partial charge on any atom is 0.121 e. The molecule has 1 heterocycles. The summed E-state index contributed by atoms with van der Waals surface area (Å²) in [5.41, 5.74) is 8.54. The van der Waals surface area contributed by atoms with Crippen LogP contribution in [0.25, 0.3) is 0 Å². The molecule has 0 bridgehead atoms. The Morgan fingerprint density at radius 1 is 1.22 bits per heavy atom. The van der Waals surface area contributed by atoms with Gasteiger partial charge in [0.05, 0.1) is 18.5 Å². The molecule has 3 heteroatoms. The fourth-order valence-corrected chi connectivity index (χ4v) is 2.61. The van der Waals surface area contributed by atoms with Gasteiger partial charge in [0.1, 0.15) is 5.75 Å². The molecular weight excluding hydrogens is 224 g/mol. The van der Waals surface area contributed by atoms with E-state index in [1.807, 2.05) is 12.1 Å². The van der Waals surface area contributed by atoms with Crippen LogP contribution in [0.4, 0.5) is 11.4 Å². The fraction of sp³-hybridized carbons (Fsp3) is 0.600. The highest BCUT2D eigenvalue weighted by molar-refractivity contribution is 5.69. The number of methoxy groups -OCH3 is 1. The summed E-state index contributed by atoms with van der Waals surface area (Å²) in [5.74, 6) is 0.825. The molecule has 1 aromatic rings. The van der Waals surface area contributed by atoms with Crippen LogP contribution in [0, 0.1) is 5.41 Å². The molecule has 0 aromatic heterocycles. The number of nitrogen functional groups attached to an aromatic ring is 1. The van der Waals surface area contributed by atoms with Crippen LogP contribution < -0.4 is 15.4 Å². The van der Waals surface area contributed by atoms with E-state index in [1.54, 1.807) is 7.11 Å². The van der Waals surface area contributed by atoms with Gasteiger partial charge in [0, 0.05) is 19.2 Å². The summed E-state index contributed by atoms with van der Waals surface area (Å²) in [4.78, 5) is 2.41. The van der Waals surface area contributed by atoms with Crippen molar-refractivity contribution in [2.24, 2.45) is 5.41 Å². The lowest BCUT2D eigenvalue weighted by atomic mass is 9.85. The summed E-state index contributed by atoms with van der Waals surface area (Å²) >= 11 is 0. The Balaban J connectivity index is 2.16. The maximum absolute atomic E-state index is 6.12. The van der Waals surface area contributed by atoms with Gasteiger partial charge in [-0.3, -0.25) is 0 Å². The average Bonchev–Trinajstić information content (AvgIpc) is 2.50. The minimum atomic E-state index is 0.454. The molecule has 2 rings (SSSR count). The molecule has 0 amide bonds. The lowest BCUT2D eigenvalue weighted by molar-refractivity contribution is 0.325. The van der Waals surface area contributed by atoms with E-state index in [0.29, 0.717) is 5.41 Å². The maximum atomic E-state index is 6.12. The minimum Gasteiger partial charge on any atom is -0.497 e. The molecular formula is C15H24N2O. The van der Waals surface area contributed by atoms with E-state index < -0.39 is 0 Å². The zero-order valence-corrected chi connectivity index (χ0v) is 11.7. The number of anilines is 2. The second kappa shape index (κ2) is 5.09. The summed E-state index contributed by atoms with van der Waals surface area (Å²) < 4.78 is 5.20. The highest BCUT2D eigenvalue weighted by Crippen LogP contribution is 2.34. The highest BCUT2D eigenvalue weighted by Gasteiger charge is 2.23. The molecule has 3 nitrogen and oxygen atoms in total.